The van der Waals surface area contributed by atoms with Crippen LogP contribution in [0.15, 0.2) is 31.0 Å². The summed E-state index contributed by atoms with van der Waals surface area (Å²) in [6, 6.07) is 3.50. The molecular weight excluding hydrogens is 302 g/mol. The van der Waals surface area contributed by atoms with E-state index < -0.39 is 0 Å². The molecular formula is C19H25N3O2. The van der Waals surface area contributed by atoms with Gasteiger partial charge in [0.05, 0.1) is 12.6 Å². The molecule has 128 valence electrons. The van der Waals surface area contributed by atoms with Gasteiger partial charge in [-0.2, -0.15) is 0 Å². The zero-order valence-electron chi connectivity index (χ0n) is 14.2. The highest BCUT2D eigenvalue weighted by atomic mass is 16.3. The summed E-state index contributed by atoms with van der Waals surface area (Å²) in [5.41, 5.74) is 4.26. The number of anilines is 1. The van der Waals surface area contributed by atoms with E-state index in [2.05, 4.69) is 34.3 Å². The molecule has 1 aliphatic heterocycles. The van der Waals surface area contributed by atoms with Gasteiger partial charge in [-0.05, 0) is 36.0 Å². The Hall–Kier alpha value is -2.27. The van der Waals surface area contributed by atoms with Crippen LogP contribution in [-0.2, 0) is 17.6 Å². The van der Waals surface area contributed by atoms with Gasteiger partial charge in [-0.25, -0.2) is 0 Å². The number of aromatic amines is 1. The van der Waals surface area contributed by atoms with E-state index in [0.717, 1.165) is 34.1 Å². The van der Waals surface area contributed by atoms with Crippen LogP contribution < -0.4 is 10.6 Å². The third-order valence-corrected chi connectivity index (χ3v) is 4.66. The summed E-state index contributed by atoms with van der Waals surface area (Å²) in [7, 11) is 0. The Labute approximate surface area is 142 Å². The van der Waals surface area contributed by atoms with Crippen molar-refractivity contribution in [3.05, 3.63) is 42.1 Å². The van der Waals surface area contributed by atoms with E-state index in [1.807, 2.05) is 26.1 Å². The lowest BCUT2D eigenvalue weighted by atomic mass is 9.98. The number of aliphatic hydroxyl groups excluding tert-OH is 1. The molecule has 4 N–H and O–H groups in total. The number of carbonyl (C=O) groups is 1. The predicted molar refractivity (Wildman–Crippen MR) is 97.2 cm³/mol. The molecule has 0 unspecified atom stereocenters. The van der Waals surface area contributed by atoms with Gasteiger partial charge in [-0.1, -0.05) is 26.0 Å². The average Bonchev–Trinajstić information content (AvgIpc) is 2.97. The minimum atomic E-state index is -0.353. The highest BCUT2D eigenvalue weighted by molar-refractivity contribution is 5.99. The summed E-state index contributed by atoms with van der Waals surface area (Å²) < 4.78 is 0. The van der Waals surface area contributed by atoms with E-state index in [1.54, 1.807) is 0 Å². The summed E-state index contributed by atoms with van der Waals surface area (Å²) in [5, 5.41) is 17.2. The minimum Gasteiger partial charge on any atom is -0.394 e. The van der Waals surface area contributed by atoms with Crippen LogP contribution in [0.2, 0.25) is 0 Å². The van der Waals surface area contributed by atoms with Crippen molar-refractivity contribution in [3.63, 3.8) is 0 Å². The quantitative estimate of drug-likeness (QED) is 0.651. The van der Waals surface area contributed by atoms with Crippen molar-refractivity contribution in [1.82, 2.24) is 10.3 Å². The van der Waals surface area contributed by atoms with E-state index in [0.29, 0.717) is 6.42 Å². The molecule has 0 aliphatic carbocycles. The van der Waals surface area contributed by atoms with Crippen LogP contribution in [0, 0.1) is 5.92 Å². The summed E-state index contributed by atoms with van der Waals surface area (Å²) >= 11 is 0. The van der Waals surface area contributed by atoms with Gasteiger partial charge in [-0.15, -0.1) is 6.58 Å². The minimum absolute atomic E-state index is 0.0697. The Bertz CT molecular complexity index is 763. The zero-order valence-corrected chi connectivity index (χ0v) is 14.2. The SMILES string of the molecule is C=CCc1ccc2[nH]cc3c2c1N[C@@H](C(C)C)C(=O)N[C@H](CO)C3. The first-order chi connectivity index (χ1) is 11.5. The van der Waals surface area contributed by atoms with Gasteiger partial charge in [-0.3, -0.25) is 4.79 Å². The lowest BCUT2D eigenvalue weighted by Gasteiger charge is -2.25. The monoisotopic (exact) mass is 327 g/mol. The average molecular weight is 327 g/mol. The van der Waals surface area contributed by atoms with Crippen molar-refractivity contribution in [2.24, 2.45) is 5.92 Å². The van der Waals surface area contributed by atoms with Crippen molar-refractivity contribution >= 4 is 22.5 Å². The first kappa shape index (κ1) is 16.6. The van der Waals surface area contributed by atoms with E-state index in [1.165, 1.54) is 0 Å². The number of aliphatic hydroxyl groups is 1. The fourth-order valence-electron chi connectivity index (χ4n) is 3.40. The molecule has 5 nitrogen and oxygen atoms in total. The molecule has 1 aliphatic rings. The van der Waals surface area contributed by atoms with Crippen molar-refractivity contribution in [2.45, 2.75) is 38.8 Å². The highest BCUT2D eigenvalue weighted by Crippen LogP contribution is 2.33. The largest absolute Gasteiger partial charge is 0.394 e. The van der Waals surface area contributed by atoms with Gasteiger partial charge in [0.2, 0.25) is 5.91 Å². The molecule has 0 spiro atoms. The van der Waals surface area contributed by atoms with E-state index in [-0.39, 0.29) is 30.5 Å². The van der Waals surface area contributed by atoms with Crippen molar-refractivity contribution < 1.29 is 9.90 Å². The number of carbonyl (C=O) groups excluding carboxylic acids is 1. The lowest BCUT2D eigenvalue weighted by Crippen LogP contribution is -2.48. The molecule has 1 amide bonds. The second-order valence-electron chi connectivity index (χ2n) is 6.79. The fraction of sp³-hybridized carbons (Fsp3) is 0.421. The van der Waals surface area contributed by atoms with Gasteiger partial charge in [0.1, 0.15) is 6.04 Å². The molecule has 0 saturated heterocycles. The van der Waals surface area contributed by atoms with Gasteiger partial charge in [0, 0.05) is 22.8 Å². The number of hydrogen-bond donors (Lipinski definition) is 4. The molecule has 5 heteroatoms. The smallest absolute Gasteiger partial charge is 0.243 e. The molecule has 1 aromatic carbocycles. The first-order valence-electron chi connectivity index (χ1n) is 8.45. The molecule has 2 aromatic rings. The van der Waals surface area contributed by atoms with Crippen LogP contribution in [-0.4, -0.2) is 34.7 Å². The second-order valence-corrected chi connectivity index (χ2v) is 6.79. The number of amides is 1. The van der Waals surface area contributed by atoms with Crippen LogP contribution in [0.1, 0.15) is 25.0 Å². The summed E-state index contributed by atoms with van der Waals surface area (Å²) in [5.74, 6) is 0.0522. The number of nitrogens with one attached hydrogen (secondary N) is 3. The molecule has 0 radical (unpaired) electrons. The molecule has 2 atom stereocenters. The molecule has 2 heterocycles. The number of allylic oxidation sites excluding steroid dienone is 1. The highest BCUT2D eigenvalue weighted by Gasteiger charge is 2.28. The third kappa shape index (κ3) is 2.91. The summed E-state index contributed by atoms with van der Waals surface area (Å²) in [4.78, 5) is 16.0. The second kappa shape index (κ2) is 6.69. The van der Waals surface area contributed by atoms with Crippen molar-refractivity contribution in [3.8, 4) is 0 Å². The maximum absolute atomic E-state index is 12.7. The Kier molecular flexibility index (Phi) is 4.62. The van der Waals surface area contributed by atoms with Gasteiger partial charge in [0.25, 0.3) is 0 Å². The van der Waals surface area contributed by atoms with Crippen LogP contribution in [0.25, 0.3) is 10.9 Å². The Balaban J connectivity index is 2.21. The standard InChI is InChI=1S/C19H25N3O2/c1-4-5-12-6-7-15-16-13(9-20-15)8-14(10-23)21-19(24)17(11(2)3)22-18(12)16/h4,6-7,9,11,14,17,20,22-23H,1,5,8,10H2,2-3H3,(H,21,24)/t14-,17-/m0/s1. The number of benzene rings is 1. The fourth-order valence-corrected chi connectivity index (χ4v) is 3.40. The lowest BCUT2D eigenvalue weighted by molar-refractivity contribution is -0.123. The topological polar surface area (TPSA) is 77.2 Å². The van der Waals surface area contributed by atoms with Crippen LogP contribution in [0.5, 0.6) is 0 Å². The van der Waals surface area contributed by atoms with Crippen LogP contribution in [0.4, 0.5) is 5.69 Å². The number of hydrogen-bond acceptors (Lipinski definition) is 3. The van der Waals surface area contributed by atoms with Gasteiger partial charge in [0.15, 0.2) is 0 Å². The van der Waals surface area contributed by atoms with Crippen molar-refractivity contribution in [1.29, 1.82) is 0 Å². The molecule has 0 saturated carbocycles. The Morgan fingerprint density at radius 3 is 2.83 bits per heavy atom. The normalized spacial score (nSPS) is 20.9. The number of aromatic nitrogens is 1. The third-order valence-electron chi connectivity index (χ3n) is 4.66. The number of H-pyrrole nitrogens is 1. The maximum atomic E-state index is 12.7. The van der Waals surface area contributed by atoms with Gasteiger partial charge < -0.3 is 20.7 Å². The van der Waals surface area contributed by atoms with E-state index in [9.17, 15) is 9.90 Å². The maximum Gasteiger partial charge on any atom is 0.243 e. The van der Waals surface area contributed by atoms with Crippen molar-refractivity contribution in [2.75, 3.05) is 11.9 Å². The summed E-state index contributed by atoms with van der Waals surface area (Å²) in [6.45, 7) is 7.81. The zero-order chi connectivity index (χ0) is 17.3. The molecule has 24 heavy (non-hydrogen) atoms. The Morgan fingerprint density at radius 2 is 2.17 bits per heavy atom. The van der Waals surface area contributed by atoms with E-state index >= 15 is 0 Å². The van der Waals surface area contributed by atoms with Crippen LogP contribution >= 0.6 is 0 Å². The molecule has 1 aromatic heterocycles. The molecule has 3 rings (SSSR count). The van der Waals surface area contributed by atoms with Gasteiger partial charge >= 0.3 is 0 Å². The number of rotatable bonds is 4. The predicted octanol–water partition coefficient (Wildman–Crippen LogP) is 2.37. The van der Waals surface area contributed by atoms with Crippen LogP contribution in [0.3, 0.4) is 0 Å². The molecule has 0 fully saturated rings. The molecule has 0 bridgehead atoms. The first-order valence-corrected chi connectivity index (χ1v) is 8.45. The Morgan fingerprint density at radius 1 is 1.38 bits per heavy atom. The summed E-state index contributed by atoms with van der Waals surface area (Å²) in [6.07, 6.45) is 5.18. The van der Waals surface area contributed by atoms with E-state index in [4.69, 9.17) is 0 Å².